The number of imidazole rings is 1. The van der Waals surface area contributed by atoms with Crippen molar-refractivity contribution in [3.05, 3.63) is 48.0 Å². The molecule has 0 aliphatic carbocycles. The van der Waals surface area contributed by atoms with Gasteiger partial charge in [-0.2, -0.15) is 0 Å². The van der Waals surface area contributed by atoms with E-state index in [2.05, 4.69) is 18.4 Å². The van der Waals surface area contributed by atoms with Crippen LogP contribution in [-0.4, -0.2) is 27.2 Å². The van der Waals surface area contributed by atoms with E-state index in [-0.39, 0.29) is 17.8 Å². The lowest BCUT2D eigenvalue weighted by molar-refractivity contribution is 0.0526. The first kappa shape index (κ1) is 17.0. The molecule has 0 aliphatic heterocycles. The van der Waals surface area contributed by atoms with Gasteiger partial charge in [0.05, 0.1) is 28.8 Å². The molecule has 0 saturated heterocycles. The zero-order chi connectivity index (χ0) is 18.0. The van der Waals surface area contributed by atoms with Crippen molar-refractivity contribution in [2.75, 3.05) is 6.61 Å². The minimum atomic E-state index is -0.355. The van der Waals surface area contributed by atoms with Crippen LogP contribution in [0.4, 0.5) is 0 Å². The fourth-order valence-electron chi connectivity index (χ4n) is 2.92. The lowest BCUT2D eigenvalue weighted by Crippen LogP contribution is -2.06. The molecule has 130 valence electrons. The number of fused-ring (bicyclic) bond motifs is 1. The Bertz CT molecular complexity index is 914. The van der Waals surface area contributed by atoms with Crippen LogP contribution in [0.3, 0.4) is 0 Å². The van der Waals surface area contributed by atoms with E-state index >= 15 is 0 Å². The summed E-state index contributed by atoms with van der Waals surface area (Å²) in [6, 6.07) is 12.8. The minimum Gasteiger partial charge on any atom is -0.507 e. The summed E-state index contributed by atoms with van der Waals surface area (Å²) in [6.45, 7) is 6.34. The summed E-state index contributed by atoms with van der Waals surface area (Å²) in [5.74, 6) is 0.531. The average Bonchev–Trinajstić information content (AvgIpc) is 3.00. The van der Waals surface area contributed by atoms with Crippen molar-refractivity contribution in [2.45, 2.75) is 33.2 Å². The van der Waals surface area contributed by atoms with E-state index in [0.717, 1.165) is 11.9 Å². The topological polar surface area (TPSA) is 64.3 Å². The molecule has 1 unspecified atom stereocenters. The van der Waals surface area contributed by atoms with Crippen LogP contribution in [0, 0.1) is 0 Å². The Morgan fingerprint density at radius 1 is 1.24 bits per heavy atom. The van der Waals surface area contributed by atoms with Gasteiger partial charge in [0.15, 0.2) is 0 Å². The number of carbonyl (C=O) groups excluding carboxylic acids is 1. The number of rotatable bonds is 5. The quantitative estimate of drug-likeness (QED) is 0.693. The van der Waals surface area contributed by atoms with Crippen LogP contribution in [-0.2, 0) is 4.74 Å². The highest BCUT2D eigenvalue weighted by Crippen LogP contribution is 2.34. The maximum absolute atomic E-state index is 12.0. The molecule has 1 N–H and O–H groups in total. The van der Waals surface area contributed by atoms with Crippen LogP contribution in [0.2, 0.25) is 0 Å². The van der Waals surface area contributed by atoms with Crippen LogP contribution in [0.15, 0.2) is 42.5 Å². The summed E-state index contributed by atoms with van der Waals surface area (Å²) in [5, 5.41) is 10.3. The number of para-hydroxylation sites is 1. The molecule has 0 aliphatic rings. The van der Waals surface area contributed by atoms with Crippen molar-refractivity contribution in [3.8, 4) is 17.1 Å². The second-order valence-electron chi connectivity index (χ2n) is 6.00. The van der Waals surface area contributed by atoms with Crippen LogP contribution in [0.1, 0.15) is 43.6 Å². The number of aromatic hydroxyl groups is 1. The summed E-state index contributed by atoms with van der Waals surface area (Å²) in [6.07, 6.45) is 0.922. The van der Waals surface area contributed by atoms with Gasteiger partial charge in [0.1, 0.15) is 11.6 Å². The summed E-state index contributed by atoms with van der Waals surface area (Å²) in [7, 11) is 0. The number of hydrogen-bond acceptors (Lipinski definition) is 4. The highest BCUT2D eigenvalue weighted by Gasteiger charge is 2.19. The standard InChI is InChI=1S/C20H22N2O3/c1-4-13(3)22-17-11-10-14(20(24)25-5-2)12-16(17)21-19(22)15-8-6-7-9-18(15)23/h6-13,23H,4-5H2,1-3H3. The van der Waals surface area contributed by atoms with Gasteiger partial charge in [0.2, 0.25) is 0 Å². The smallest absolute Gasteiger partial charge is 0.338 e. The molecule has 1 heterocycles. The van der Waals surface area contributed by atoms with Crippen molar-refractivity contribution < 1.29 is 14.6 Å². The predicted molar refractivity (Wildman–Crippen MR) is 97.8 cm³/mol. The molecule has 1 aromatic heterocycles. The molecule has 2 aromatic carbocycles. The maximum atomic E-state index is 12.0. The van der Waals surface area contributed by atoms with Gasteiger partial charge < -0.3 is 14.4 Å². The molecule has 0 spiro atoms. The van der Waals surface area contributed by atoms with Crippen LogP contribution >= 0.6 is 0 Å². The number of carbonyl (C=O) groups is 1. The SMILES string of the molecule is CCOC(=O)c1ccc2c(c1)nc(-c1ccccc1O)n2C(C)CC. The van der Waals surface area contributed by atoms with Gasteiger partial charge in [-0.25, -0.2) is 9.78 Å². The molecule has 25 heavy (non-hydrogen) atoms. The van der Waals surface area contributed by atoms with Gasteiger partial charge in [-0.1, -0.05) is 19.1 Å². The van der Waals surface area contributed by atoms with E-state index in [1.54, 1.807) is 31.2 Å². The summed E-state index contributed by atoms with van der Waals surface area (Å²) >= 11 is 0. The number of ether oxygens (including phenoxy) is 1. The minimum absolute atomic E-state index is 0.188. The van der Waals surface area contributed by atoms with Gasteiger partial charge in [0.25, 0.3) is 0 Å². The zero-order valence-corrected chi connectivity index (χ0v) is 14.7. The lowest BCUT2D eigenvalue weighted by atomic mass is 10.1. The number of esters is 1. The first-order valence-corrected chi connectivity index (χ1v) is 8.54. The van der Waals surface area contributed by atoms with E-state index in [1.165, 1.54) is 0 Å². The monoisotopic (exact) mass is 338 g/mol. The van der Waals surface area contributed by atoms with Crippen LogP contribution in [0.5, 0.6) is 5.75 Å². The number of phenolic OH excluding ortho intramolecular Hbond substituents is 1. The molecule has 0 amide bonds. The van der Waals surface area contributed by atoms with Gasteiger partial charge in [0, 0.05) is 6.04 Å². The second kappa shape index (κ2) is 6.97. The van der Waals surface area contributed by atoms with E-state index < -0.39 is 0 Å². The Morgan fingerprint density at radius 3 is 2.68 bits per heavy atom. The number of phenols is 1. The molecule has 3 aromatic rings. The molecule has 5 heteroatoms. The Hall–Kier alpha value is -2.82. The molecule has 1 atom stereocenters. The van der Waals surface area contributed by atoms with E-state index in [9.17, 15) is 9.90 Å². The molecular weight excluding hydrogens is 316 g/mol. The molecular formula is C20H22N2O3. The van der Waals surface area contributed by atoms with Crippen molar-refractivity contribution in [2.24, 2.45) is 0 Å². The first-order valence-electron chi connectivity index (χ1n) is 8.54. The van der Waals surface area contributed by atoms with E-state index in [0.29, 0.717) is 29.1 Å². The Morgan fingerprint density at radius 2 is 2.00 bits per heavy atom. The third-order valence-corrected chi connectivity index (χ3v) is 4.38. The highest BCUT2D eigenvalue weighted by molar-refractivity contribution is 5.94. The van der Waals surface area contributed by atoms with Crippen LogP contribution < -0.4 is 0 Å². The van der Waals surface area contributed by atoms with E-state index in [4.69, 9.17) is 9.72 Å². The number of nitrogens with zero attached hydrogens (tertiary/aromatic N) is 2. The Labute approximate surface area is 146 Å². The zero-order valence-electron chi connectivity index (χ0n) is 14.7. The number of hydrogen-bond donors (Lipinski definition) is 1. The molecule has 5 nitrogen and oxygen atoms in total. The average molecular weight is 338 g/mol. The maximum Gasteiger partial charge on any atom is 0.338 e. The third kappa shape index (κ3) is 3.09. The molecule has 0 saturated carbocycles. The fraction of sp³-hybridized carbons (Fsp3) is 0.300. The summed E-state index contributed by atoms with van der Waals surface area (Å²) in [4.78, 5) is 16.7. The lowest BCUT2D eigenvalue weighted by Gasteiger charge is -2.16. The fourth-order valence-corrected chi connectivity index (χ4v) is 2.92. The van der Waals surface area contributed by atoms with Gasteiger partial charge >= 0.3 is 5.97 Å². The highest BCUT2D eigenvalue weighted by atomic mass is 16.5. The molecule has 0 bridgehead atoms. The number of benzene rings is 2. The largest absolute Gasteiger partial charge is 0.507 e. The molecule has 3 rings (SSSR count). The van der Waals surface area contributed by atoms with Crippen LogP contribution in [0.25, 0.3) is 22.4 Å². The number of aromatic nitrogens is 2. The Balaban J connectivity index is 2.22. The molecule has 0 radical (unpaired) electrons. The van der Waals surface area contributed by atoms with Gasteiger partial charge in [-0.05, 0) is 50.6 Å². The van der Waals surface area contributed by atoms with Crippen molar-refractivity contribution in [1.82, 2.24) is 9.55 Å². The summed E-state index contributed by atoms with van der Waals surface area (Å²) < 4.78 is 7.18. The van der Waals surface area contributed by atoms with Gasteiger partial charge in [-0.15, -0.1) is 0 Å². The predicted octanol–water partition coefficient (Wildman–Crippen LogP) is 4.56. The van der Waals surface area contributed by atoms with Gasteiger partial charge in [-0.3, -0.25) is 0 Å². The van der Waals surface area contributed by atoms with Crippen molar-refractivity contribution >= 4 is 17.0 Å². The normalized spacial score (nSPS) is 12.3. The third-order valence-electron chi connectivity index (χ3n) is 4.38. The van der Waals surface area contributed by atoms with Crippen molar-refractivity contribution in [1.29, 1.82) is 0 Å². The van der Waals surface area contributed by atoms with Crippen molar-refractivity contribution in [3.63, 3.8) is 0 Å². The second-order valence-corrected chi connectivity index (χ2v) is 6.00. The van der Waals surface area contributed by atoms with E-state index in [1.807, 2.05) is 18.2 Å². The summed E-state index contributed by atoms with van der Waals surface area (Å²) in [5.41, 5.74) is 2.80. The first-order chi connectivity index (χ1) is 12.1. The Kier molecular flexibility index (Phi) is 4.74. The molecule has 0 fully saturated rings.